The van der Waals surface area contributed by atoms with Crippen molar-refractivity contribution in [1.82, 2.24) is 0 Å². The zero-order chi connectivity index (χ0) is 23.1. The van der Waals surface area contributed by atoms with Crippen molar-refractivity contribution in [2.24, 2.45) is 5.41 Å². The van der Waals surface area contributed by atoms with Crippen LogP contribution in [-0.2, 0) is 27.2 Å². The van der Waals surface area contributed by atoms with Gasteiger partial charge in [-0.15, -0.1) is 0 Å². The Kier molecular flexibility index (Phi) is 9.14. The molecule has 174 valence electrons. The van der Waals surface area contributed by atoms with Crippen molar-refractivity contribution in [3.63, 3.8) is 0 Å². The highest BCUT2D eigenvalue weighted by molar-refractivity contribution is 5.73. The largest absolute Gasteiger partial charge is 0.481 e. The second-order valence-corrected chi connectivity index (χ2v) is 10.3. The van der Waals surface area contributed by atoms with Crippen LogP contribution in [0.2, 0.25) is 0 Å². The van der Waals surface area contributed by atoms with Crippen LogP contribution in [0.5, 0.6) is 0 Å². The Morgan fingerprint density at radius 3 is 2.00 bits per heavy atom. The van der Waals surface area contributed by atoms with Gasteiger partial charge in [-0.2, -0.15) is 0 Å². The van der Waals surface area contributed by atoms with Gasteiger partial charge in [0.15, 0.2) is 0 Å². The third-order valence-corrected chi connectivity index (χ3v) is 7.45. The summed E-state index contributed by atoms with van der Waals surface area (Å²) in [6.45, 7) is 11.0. The van der Waals surface area contributed by atoms with E-state index in [0.717, 1.165) is 64.2 Å². The average molecular weight is 431 g/mol. The summed E-state index contributed by atoms with van der Waals surface area (Å²) in [7, 11) is 0. The molecule has 1 fully saturated rings. The number of hydrogen-bond donors (Lipinski definition) is 1. The molecule has 1 N–H and O–H groups in total. The first-order valence-electron chi connectivity index (χ1n) is 12.1. The number of benzene rings is 1. The van der Waals surface area contributed by atoms with E-state index in [2.05, 4.69) is 26.8 Å². The standard InChI is InChI=1S/C27H42O4/c1-20-21(2)23(12-8-6-10-14-26(4,5)25(29)30)18-24(22(20)3)13-9-7-11-15-27(16-17-27)31-19-28/h18-19H,6-17H2,1-5H3,(H,29,30). The quantitative estimate of drug-likeness (QED) is 0.250. The summed E-state index contributed by atoms with van der Waals surface area (Å²) in [5.41, 5.74) is 6.42. The molecule has 2 rings (SSSR count). The van der Waals surface area contributed by atoms with E-state index >= 15 is 0 Å². The number of carbonyl (C=O) groups excluding carboxylic acids is 1. The molecule has 4 nitrogen and oxygen atoms in total. The fourth-order valence-electron chi connectivity index (χ4n) is 4.48. The molecule has 0 spiro atoms. The predicted molar refractivity (Wildman–Crippen MR) is 126 cm³/mol. The van der Waals surface area contributed by atoms with Crippen LogP contribution in [0.1, 0.15) is 106 Å². The maximum atomic E-state index is 11.2. The Morgan fingerprint density at radius 2 is 1.52 bits per heavy atom. The van der Waals surface area contributed by atoms with E-state index in [1.54, 1.807) is 0 Å². The molecule has 0 saturated heterocycles. The molecule has 1 aliphatic carbocycles. The number of rotatable bonds is 15. The van der Waals surface area contributed by atoms with Crippen molar-refractivity contribution in [1.29, 1.82) is 0 Å². The van der Waals surface area contributed by atoms with E-state index in [0.29, 0.717) is 6.47 Å². The van der Waals surface area contributed by atoms with Crippen LogP contribution in [0.25, 0.3) is 0 Å². The van der Waals surface area contributed by atoms with E-state index < -0.39 is 11.4 Å². The number of carboxylic acid groups (broad SMARTS) is 1. The van der Waals surface area contributed by atoms with Gasteiger partial charge in [0.25, 0.3) is 6.47 Å². The maximum absolute atomic E-state index is 11.2. The topological polar surface area (TPSA) is 63.6 Å². The Morgan fingerprint density at radius 1 is 0.968 bits per heavy atom. The third kappa shape index (κ3) is 7.36. The van der Waals surface area contributed by atoms with Crippen molar-refractivity contribution in [3.05, 3.63) is 33.9 Å². The van der Waals surface area contributed by atoms with E-state index in [1.807, 2.05) is 13.8 Å². The van der Waals surface area contributed by atoms with Gasteiger partial charge in [0.1, 0.15) is 5.60 Å². The molecule has 0 aromatic heterocycles. The Labute approximate surface area is 188 Å². The number of hydrogen-bond acceptors (Lipinski definition) is 3. The van der Waals surface area contributed by atoms with E-state index in [9.17, 15) is 14.7 Å². The first-order chi connectivity index (χ1) is 14.6. The highest BCUT2D eigenvalue weighted by Gasteiger charge is 2.44. The first-order valence-corrected chi connectivity index (χ1v) is 12.1. The number of ether oxygens (including phenoxy) is 1. The second kappa shape index (κ2) is 11.2. The summed E-state index contributed by atoms with van der Waals surface area (Å²) in [6.07, 6.45) is 12.6. The molecule has 0 bridgehead atoms. The van der Waals surface area contributed by atoms with Gasteiger partial charge in [-0.25, -0.2) is 0 Å². The van der Waals surface area contributed by atoms with Gasteiger partial charge in [0.05, 0.1) is 5.41 Å². The minimum atomic E-state index is -0.703. The smallest absolute Gasteiger partial charge is 0.309 e. The third-order valence-electron chi connectivity index (χ3n) is 7.45. The molecule has 0 aliphatic heterocycles. The van der Waals surface area contributed by atoms with Gasteiger partial charge in [-0.1, -0.05) is 25.3 Å². The van der Waals surface area contributed by atoms with Crippen LogP contribution in [0.3, 0.4) is 0 Å². The molecule has 0 amide bonds. The summed E-state index contributed by atoms with van der Waals surface area (Å²) in [6, 6.07) is 2.41. The number of aryl methyl sites for hydroxylation is 2. The van der Waals surface area contributed by atoms with Crippen LogP contribution < -0.4 is 0 Å². The first kappa shape index (κ1) is 25.4. The highest BCUT2D eigenvalue weighted by Crippen LogP contribution is 2.43. The van der Waals surface area contributed by atoms with Crippen LogP contribution in [0, 0.1) is 26.2 Å². The van der Waals surface area contributed by atoms with Gasteiger partial charge in [0.2, 0.25) is 0 Å². The monoisotopic (exact) mass is 430 g/mol. The number of carbonyl (C=O) groups is 2. The summed E-state index contributed by atoms with van der Waals surface area (Å²) >= 11 is 0. The Bertz CT molecular complexity index is 759. The molecule has 1 aromatic carbocycles. The van der Waals surface area contributed by atoms with E-state index in [1.165, 1.54) is 40.7 Å². The van der Waals surface area contributed by atoms with Crippen LogP contribution >= 0.6 is 0 Å². The van der Waals surface area contributed by atoms with Crippen molar-refractivity contribution in [3.8, 4) is 0 Å². The number of aliphatic carboxylic acids is 1. The van der Waals surface area contributed by atoms with Crippen molar-refractivity contribution >= 4 is 12.4 Å². The molecule has 1 aromatic rings. The molecule has 0 unspecified atom stereocenters. The summed E-state index contributed by atoms with van der Waals surface area (Å²) in [5, 5.41) is 9.25. The normalized spacial score (nSPS) is 15.0. The fraction of sp³-hybridized carbons (Fsp3) is 0.704. The van der Waals surface area contributed by atoms with Gasteiger partial charge >= 0.3 is 5.97 Å². The lowest BCUT2D eigenvalue weighted by Crippen LogP contribution is -2.23. The zero-order valence-corrected chi connectivity index (χ0v) is 20.3. The highest BCUT2D eigenvalue weighted by atomic mass is 16.5. The molecule has 0 heterocycles. The van der Waals surface area contributed by atoms with Gasteiger partial charge < -0.3 is 9.84 Å². The van der Waals surface area contributed by atoms with Gasteiger partial charge in [-0.3, -0.25) is 9.59 Å². The maximum Gasteiger partial charge on any atom is 0.309 e. The lowest BCUT2D eigenvalue weighted by molar-refractivity contribution is -0.147. The average Bonchev–Trinajstić information content (AvgIpc) is 3.48. The molecule has 31 heavy (non-hydrogen) atoms. The van der Waals surface area contributed by atoms with Crippen LogP contribution in [-0.4, -0.2) is 23.1 Å². The summed E-state index contributed by atoms with van der Waals surface area (Å²) in [4.78, 5) is 21.8. The van der Waals surface area contributed by atoms with Crippen molar-refractivity contribution < 1.29 is 19.4 Å². The van der Waals surface area contributed by atoms with E-state index in [-0.39, 0.29) is 5.60 Å². The molecule has 1 saturated carbocycles. The lowest BCUT2D eigenvalue weighted by Gasteiger charge is -2.19. The molecule has 4 heteroatoms. The van der Waals surface area contributed by atoms with Crippen molar-refractivity contribution in [2.75, 3.05) is 0 Å². The van der Waals surface area contributed by atoms with E-state index in [4.69, 9.17) is 4.74 Å². The summed E-state index contributed by atoms with van der Waals surface area (Å²) < 4.78 is 5.24. The van der Waals surface area contributed by atoms with Crippen molar-refractivity contribution in [2.45, 2.75) is 117 Å². The number of unbranched alkanes of at least 4 members (excludes halogenated alkanes) is 4. The summed E-state index contributed by atoms with van der Waals surface area (Å²) in [5.74, 6) is -0.703. The fourth-order valence-corrected chi connectivity index (χ4v) is 4.48. The molecular weight excluding hydrogens is 388 g/mol. The van der Waals surface area contributed by atoms with Gasteiger partial charge in [0, 0.05) is 0 Å². The second-order valence-electron chi connectivity index (χ2n) is 10.3. The molecule has 1 aliphatic rings. The zero-order valence-electron chi connectivity index (χ0n) is 20.3. The predicted octanol–water partition coefficient (Wildman–Crippen LogP) is 6.63. The molecule has 0 atom stereocenters. The Hall–Kier alpha value is -1.84. The lowest BCUT2D eigenvalue weighted by atomic mass is 9.86. The van der Waals surface area contributed by atoms with Crippen LogP contribution in [0.15, 0.2) is 6.07 Å². The minimum Gasteiger partial charge on any atom is -0.481 e. The van der Waals surface area contributed by atoms with Crippen LogP contribution in [0.4, 0.5) is 0 Å². The SMILES string of the molecule is Cc1c(CCCCCC2(OC=O)CC2)cc(CCCCCC(C)(C)C(=O)O)c(C)c1C. The van der Waals surface area contributed by atoms with Gasteiger partial charge in [-0.05, 0) is 120 Å². The minimum absolute atomic E-state index is 0.120. The Balaban J connectivity index is 1.81. The molecule has 0 radical (unpaired) electrons. The molecular formula is C27H42O4. The number of carboxylic acids is 1.